The summed E-state index contributed by atoms with van der Waals surface area (Å²) in [7, 11) is 0. The zero-order valence-corrected chi connectivity index (χ0v) is 9.52. The largest absolute Gasteiger partial charge is 0.491 e. The monoisotopic (exact) mass is 298 g/mol. The normalized spacial score (nSPS) is 10.9. The summed E-state index contributed by atoms with van der Waals surface area (Å²) >= 11 is 0. The quantitative estimate of drug-likeness (QED) is 0.419. The molecule has 0 bridgehead atoms. The van der Waals surface area contributed by atoms with Crippen LogP contribution in [0, 0.1) is 0 Å². The third kappa shape index (κ3) is 11.0. The predicted octanol–water partition coefficient (Wildman–Crippen LogP) is 1.75. The molecule has 0 aromatic carbocycles. The van der Waals surface area contributed by atoms with Gasteiger partial charge in [0.15, 0.2) is 0 Å². The van der Waals surface area contributed by atoms with Crippen molar-refractivity contribution in [1.82, 2.24) is 0 Å². The van der Waals surface area contributed by atoms with E-state index >= 15 is 0 Å². The molecule has 0 amide bonds. The number of hydrogen-bond donors (Lipinski definition) is 0. The second-order valence-electron chi connectivity index (χ2n) is 2.60. The number of ether oxygens (including phenoxy) is 2. The Kier molecular flexibility index (Phi) is 7.80. The zero-order valence-electron chi connectivity index (χ0n) is 9.52. The molecule has 0 unspecified atom stereocenters. The second kappa shape index (κ2) is 7.59. The summed E-state index contributed by atoms with van der Waals surface area (Å²) in [6.07, 6.45) is -11.2. The van der Waals surface area contributed by atoms with Gasteiger partial charge in [0.05, 0.1) is 6.61 Å². The molecule has 0 heterocycles. The van der Waals surface area contributed by atoms with Gasteiger partial charge >= 0.3 is 30.3 Å². The van der Waals surface area contributed by atoms with E-state index in [2.05, 4.69) is 9.47 Å². The third-order valence-corrected chi connectivity index (χ3v) is 0.996. The molecule has 0 fully saturated rings. The summed E-state index contributed by atoms with van der Waals surface area (Å²) in [5.41, 5.74) is 0. The molecule has 112 valence electrons. The van der Waals surface area contributed by atoms with E-state index in [1.165, 1.54) is 6.92 Å². The zero-order chi connectivity index (χ0) is 15.9. The molecule has 0 radical (unpaired) electrons. The highest BCUT2D eigenvalue weighted by Gasteiger charge is 2.49. The van der Waals surface area contributed by atoms with Crippen molar-refractivity contribution in [1.29, 1.82) is 0 Å². The van der Waals surface area contributed by atoms with Crippen molar-refractivity contribution in [2.24, 2.45) is 0 Å². The molecule has 0 rings (SSSR count). The summed E-state index contributed by atoms with van der Waals surface area (Å²) in [5.74, 6) is -6.61. The first-order valence-corrected chi connectivity index (χ1v) is 4.35. The van der Waals surface area contributed by atoms with Crippen LogP contribution in [0.25, 0.3) is 0 Å². The Morgan fingerprint density at radius 1 is 0.895 bits per heavy atom. The lowest BCUT2D eigenvalue weighted by molar-refractivity contribution is -0.221. The van der Waals surface area contributed by atoms with Crippen molar-refractivity contribution in [3.8, 4) is 0 Å². The number of rotatable bonds is 1. The van der Waals surface area contributed by atoms with E-state index in [1.807, 2.05) is 0 Å². The summed E-state index contributed by atoms with van der Waals surface area (Å²) in [4.78, 5) is 29.1. The number of carbonyl (C=O) groups is 3. The van der Waals surface area contributed by atoms with Crippen molar-refractivity contribution in [2.45, 2.75) is 26.2 Å². The molecule has 0 aliphatic carbocycles. The van der Waals surface area contributed by atoms with Crippen LogP contribution in [0.3, 0.4) is 0 Å². The lowest BCUT2D eigenvalue weighted by Crippen LogP contribution is -2.34. The van der Waals surface area contributed by atoms with Gasteiger partial charge in [-0.1, -0.05) is 0 Å². The fraction of sp³-hybridized carbons (Fsp3) is 0.625. The lowest BCUT2D eigenvalue weighted by atomic mass is 10.6. The van der Waals surface area contributed by atoms with Crippen molar-refractivity contribution in [3.63, 3.8) is 0 Å². The summed E-state index contributed by atoms with van der Waals surface area (Å²) in [6, 6.07) is 0. The lowest BCUT2D eigenvalue weighted by Gasteiger charge is -2.06. The Bertz CT molecular complexity index is 308. The molecule has 19 heavy (non-hydrogen) atoms. The fourth-order valence-electron chi connectivity index (χ4n) is 0.403. The number of hydrogen-bond acceptors (Lipinski definition) is 5. The number of halogens is 6. The molecular formula is C8H8F6O5. The average molecular weight is 298 g/mol. The fourth-order valence-corrected chi connectivity index (χ4v) is 0.403. The van der Waals surface area contributed by atoms with Crippen LogP contribution in [0.4, 0.5) is 26.3 Å². The van der Waals surface area contributed by atoms with Gasteiger partial charge in [0, 0.05) is 6.92 Å². The van der Waals surface area contributed by atoms with Crippen molar-refractivity contribution in [2.75, 3.05) is 6.61 Å². The molecule has 0 aromatic heterocycles. The first-order chi connectivity index (χ1) is 8.32. The maximum absolute atomic E-state index is 11.2. The molecule has 0 atom stereocenters. The Morgan fingerprint density at radius 3 is 1.32 bits per heavy atom. The molecular weight excluding hydrogens is 290 g/mol. The molecule has 5 nitrogen and oxygen atoms in total. The van der Waals surface area contributed by atoms with Gasteiger partial charge in [0.25, 0.3) is 0 Å². The first-order valence-electron chi connectivity index (χ1n) is 4.35. The first kappa shape index (κ1) is 19.5. The molecule has 0 aliphatic rings. The van der Waals surface area contributed by atoms with Crippen molar-refractivity contribution < 1.29 is 50.2 Å². The SMILES string of the molecule is CCOC(C)=O.O=C(OC(=O)C(F)(F)F)C(F)(F)F. The van der Waals surface area contributed by atoms with Crippen LogP contribution in [0.15, 0.2) is 0 Å². The van der Waals surface area contributed by atoms with Gasteiger partial charge in [0.2, 0.25) is 0 Å². The summed E-state index contributed by atoms with van der Waals surface area (Å²) in [6.45, 7) is 3.65. The Hall–Kier alpha value is -1.81. The van der Waals surface area contributed by atoms with E-state index < -0.39 is 24.3 Å². The molecule has 0 saturated heterocycles. The Labute approximate surface area is 102 Å². The topological polar surface area (TPSA) is 69.7 Å². The van der Waals surface area contributed by atoms with E-state index in [9.17, 15) is 40.7 Å². The van der Waals surface area contributed by atoms with Crippen LogP contribution in [0.1, 0.15) is 13.8 Å². The van der Waals surface area contributed by atoms with Gasteiger partial charge in [-0.25, -0.2) is 9.59 Å². The minimum absolute atomic E-state index is 0.211. The van der Waals surface area contributed by atoms with E-state index in [0.29, 0.717) is 6.61 Å². The van der Waals surface area contributed by atoms with Gasteiger partial charge in [-0.05, 0) is 6.92 Å². The van der Waals surface area contributed by atoms with E-state index in [4.69, 9.17) is 0 Å². The van der Waals surface area contributed by atoms with Crippen LogP contribution in [-0.4, -0.2) is 36.9 Å². The van der Waals surface area contributed by atoms with Gasteiger partial charge in [-0.2, -0.15) is 26.3 Å². The highest BCUT2D eigenvalue weighted by Crippen LogP contribution is 2.21. The van der Waals surface area contributed by atoms with E-state index in [0.717, 1.165) is 0 Å². The smallest absolute Gasteiger partial charge is 0.466 e. The maximum atomic E-state index is 11.2. The van der Waals surface area contributed by atoms with Crippen LogP contribution in [0.2, 0.25) is 0 Å². The van der Waals surface area contributed by atoms with Gasteiger partial charge < -0.3 is 9.47 Å². The standard InChI is InChI=1S/C4F6O3.C4H8O2/c5-3(6,7)1(11)13-2(12)4(8,9)10;1-3-6-4(2)5/h;3H2,1-2H3. The molecule has 0 saturated carbocycles. The van der Waals surface area contributed by atoms with Crippen molar-refractivity contribution in [3.05, 3.63) is 0 Å². The van der Waals surface area contributed by atoms with Crippen LogP contribution >= 0.6 is 0 Å². The highest BCUT2D eigenvalue weighted by molar-refractivity contribution is 5.90. The molecule has 0 aromatic rings. The highest BCUT2D eigenvalue weighted by atomic mass is 19.4. The molecule has 0 aliphatic heterocycles. The van der Waals surface area contributed by atoms with Crippen LogP contribution in [-0.2, 0) is 23.9 Å². The van der Waals surface area contributed by atoms with E-state index in [-0.39, 0.29) is 5.97 Å². The molecule has 0 N–H and O–H groups in total. The van der Waals surface area contributed by atoms with E-state index in [1.54, 1.807) is 6.92 Å². The number of alkyl halides is 6. The number of esters is 3. The minimum Gasteiger partial charge on any atom is -0.466 e. The predicted molar refractivity (Wildman–Crippen MR) is 45.5 cm³/mol. The third-order valence-electron chi connectivity index (χ3n) is 0.996. The summed E-state index contributed by atoms with van der Waals surface area (Å²) < 4.78 is 74.1. The maximum Gasteiger partial charge on any atom is 0.491 e. The van der Waals surface area contributed by atoms with Crippen molar-refractivity contribution >= 4 is 17.9 Å². The van der Waals surface area contributed by atoms with Crippen LogP contribution < -0.4 is 0 Å². The summed E-state index contributed by atoms with van der Waals surface area (Å²) in [5, 5.41) is 0. The Morgan fingerprint density at radius 2 is 1.21 bits per heavy atom. The number of carbonyl (C=O) groups excluding carboxylic acids is 3. The Balaban J connectivity index is 0. The van der Waals surface area contributed by atoms with Gasteiger partial charge in [0.1, 0.15) is 0 Å². The van der Waals surface area contributed by atoms with Crippen LogP contribution in [0.5, 0.6) is 0 Å². The van der Waals surface area contributed by atoms with Gasteiger partial charge in [-0.3, -0.25) is 4.79 Å². The average Bonchev–Trinajstić information content (AvgIpc) is 2.14. The minimum atomic E-state index is -5.62. The van der Waals surface area contributed by atoms with Gasteiger partial charge in [-0.15, -0.1) is 0 Å². The molecule has 11 heteroatoms. The molecule has 0 spiro atoms. The second-order valence-corrected chi connectivity index (χ2v) is 2.60.